The highest BCUT2D eigenvalue weighted by molar-refractivity contribution is 7.99. The molecule has 1 aromatic heterocycles. The van der Waals surface area contributed by atoms with Gasteiger partial charge in [0.25, 0.3) is 0 Å². The SMILES string of the molecule is O=C1OC(CSc2nnc(-c3ccccc3)n2-c2ccc(F)cc2)CN1C1CC1. The molecule has 0 bridgehead atoms. The van der Waals surface area contributed by atoms with E-state index < -0.39 is 0 Å². The van der Waals surface area contributed by atoms with Crippen molar-refractivity contribution >= 4 is 17.9 Å². The molecule has 1 aliphatic heterocycles. The summed E-state index contributed by atoms with van der Waals surface area (Å²) in [6.07, 6.45) is 1.73. The monoisotopic (exact) mass is 410 g/mol. The largest absolute Gasteiger partial charge is 0.443 e. The zero-order valence-electron chi connectivity index (χ0n) is 15.6. The normalized spacial score (nSPS) is 18.9. The van der Waals surface area contributed by atoms with Gasteiger partial charge >= 0.3 is 6.09 Å². The third-order valence-corrected chi connectivity index (χ3v) is 6.10. The van der Waals surface area contributed by atoms with Crippen LogP contribution in [-0.4, -0.2) is 50.2 Å². The smallest absolute Gasteiger partial charge is 0.410 e. The first-order chi connectivity index (χ1) is 14.2. The maximum Gasteiger partial charge on any atom is 0.410 e. The number of cyclic esters (lactones) is 1. The minimum absolute atomic E-state index is 0.174. The second-order valence-electron chi connectivity index (χ2n) is 7.18. The molecule has 0 N–H and O–H groups in total. The lowest BCUT2D eigenvalue weighted by Crippen LogP contribution is -2.27. The van der Waals surface area contributed by atoms with Crippen LogP contribution in [0.4, 0.5) is 9.18 Å². The minimum Gasteiger partial charge on any atom is -0.443 e. The average molecular weight is 410 g/mol. The van der Waals surface area contributed by atoms with Crippen LogP contribution in [0.5, 0.6) is 0 Å². The van der Waals surface area contributed by atoms with Gasteiger partial charge in [-0.15, -0.1) is 10.2 Å². The van der Waals surface area contributed by atoms with Crippen LogP contribution in [0.2, 0.25) is 0 Å². The summed E-state index contributed by atoms with van der Waals surface area (Å²) >= 11 is 1.49. The van der Waals surface area contributed by atoms with Gasteiger partial charge in [0.1, 0.15) is 11.9 Å². The molecule has 29 heavy (non-hydrogen) atoms. The number of hydrogen-bond donors (Lipinski definition) is 0. The van der Waals surface area contributed by atoms with Crippen molar-refractivity contribution in [3.63, 3.8) is 0 Å². The molecule has 1 saturated carbocycles. The Balaban J connectivity index is 1.41. The van der Waals surface area contributed by atoms with Crippen molar-refractivity contribution in [2.45, 2.75) is 30.1 Å². The van der Waals surface area contributed by atoms with Crippen LogP contribution >= 0.6 is 11.8 Å². The number of amides is 1. The summed E-state index contributed by atoms with van der Waals surface area (Å²) in [6.45, 7) is 0.618. The molecule has 0 radical (unpaired) electrons. The maximum atomic E-state index is 13.4. The number of thioether (sulfide) groups is 1. The van der Waals surface area contributed by atoms with Gasteiger partial charge in [-0.1, -0.05) is 42.1 Å². The quantitative estimate of drug-likeness (QED) is 0.572. The number of hydrogen-bond acceptors (Lipinski definition) is 5. The van der Waals surface area contributed by atoms with Crippen molar-refractivity contribution in [2.75, 3.05) is 12.3 Å². The Hall–Kier alpha value is -2.87. The number of aromatic nitrogens is 3. The molecule has 3 aromatic rings. The van der Waals surface area contributed by atoms with E-state index in [1.54, 1.807) is 12.1 Å². The number of carbonyl (C=O) groups excluding carboxylic acids is 1. The molecule has 1 saturated heterocycles. The van der Waals surface area contributed by atoms with E-state index in [1.807, 2.05) is 39.8 Å². The molecule has 5 rings (SSSR count). The van der Waals surface area contributed by atoms with Gasteiger partial charge in [0.2, 0.25) is 0 Å². The molecule has 2 aliphatic rings. The Kier molecular flexibility index (Phi) is 4.71. The molecule has 1 amide bonds. The molecule has 1 aliphatic carbocycles. The van der Waals surface area contributed by atoms with Gasteiger partial charge in [-0.2, -0.15) is 0 Å². The average Bonchev–Trinajstić information content (AvgIpc) is 3.39. The van der Waals surface area contributed by atoms with E-state index in [9.17, 15) is 9.18 Å². The lowest BCUT2D eigenvalue weighted by atomic mass is 10.2. The topological polar surface area (TPSA) is 60.2 Å². The Morgan fingerprint density at radius 3 is 2.55 bits per heavy atom. The molecular weight excluding hydrogens is 391 g/mol. The Labute approximate surface area is 171 Å². The highest BCUT2D eigenvalue weighted by Crippen LogP contribution is 2.33. The van der Waals surface area contributed by atoms with Crippen LogP contribution in [0, 0.1) is 5.82 Å². The third kappa shape index (κ3) is 3.72. The summed E-state index contributed by atoms with van der Waals surface area (Å²) in [7, 11) is 0. The Morgan fingerprint density at radius 2 is 1.83 bits per heavy atom. The molecule has 1 atom stereocenters. The first-order valence-corrected chi connectivity index (χ1v) is 10.5. The summed E-state index contributed by atoms with van der Waals surface area (Å²) < 4.78 is 20.9. The lowest BCUT2D eigenvalue weighted by Gasteiger charge is -2.12. The highest BCUT2D eigenvalue weighted by Gasteiger charge is 2.41. The summed E-state index contributed by atoms with van der Waals surface area (Å²) in [6, 6.07) is 16.4. The zero-order valence-corrected chi connectivity index (χ0v) is 16.4. The molecule has 2 heterocycles. The number of ether oxygens (including phenoxy) is 1. The van der Waals surface area contributed by atoms with Crippen LogP contribution in [0.25, 0.3) is 17.1 Å². The van der Waals surface area contributed by atoms with E-state index in [1.165, 1.54) is 23.9 Å². The van der Waals surface area contributed by atoms with E-state index in [0.29, 0.717) is 29.3 Å². The standard InChI is InChI=1S/C21H19FN4O2S/c22-15-6-8-17(9-7-15)26-19(14-4-2-1-3-5-14)23-24-20(26)29-13-18-12-25(16-10-11-16)21(27)28-18/h1-9,16,18H,10-13H2. The Bertz CT molecular complexity index is 1020. The van der Waals surface area contributed by atoms with Gasteiger partial charge < -0.3 is 9.64 Å². The Morgan fingerprint density at radius 1 is 1.07 bits per heavy atom. The highest BCUT2D eigenvalue weighted by atomic mass is 32.2. The van der Waals surface area contributed by atoms with Crippen molar-refractivity contribution in [3.8, 4) is 17.1 Å². The third-order valence-electron chi connectivity index (χ3n) is 5.04. The summed E-state index contributed by atoms with van der Waals surface area (Å²) in [5.74, 6) is 0.973. The number of carbonyl (C=O) groups is 1. The van der Waals surface area contributed by atoms with Crippen LogP contribution in [0.3, 0.4) is 0 Å². The zero-order chi connectivity index (χ0) is 19.8. The van der Waals surface area contributed by atoms with Gasteiger partial charge in [0.15, 0.2) is 11.0 Å². The van der Waals surface area contributed by atoms with Crippen molar-refractivity contribution < 1.29 is 13.9 Å². The molecule has 1 unspecified atom stereocenters. The minimum atomic E-state index is -0.296. The van der Waals surface area contributed by atoms with Gasteiger partial charge in [0.05, 0.1) is 6.54 Å². The van der Waals surface area contributed by atoms with E-state index >= 15 is 0 Å². The van der Waals surface area contributed by atoms with Crippen molar-refractivity contribution in [3.05, 3.63) is 60.4 Å². The van der Waals surface area contributed by atoms with E-state index in [-0.39, 0.29) is 18.0 Å². The molecule has 2 aromatic carbocycles. The first kappa shape index (κ1) is 18.2. The van der Waals surface area contributed by atoms with Crippen molar-refractivity contribution in [2.24, 2.45) is 0 Å². The molecule has 8 heteroatoms. The predicted octanol–water partition coefficient (Wildman–Crippen LogP) is 4.15. The fraction of sp³-hybridized carbons (Fsp3) is 0.286. The van der Waals surface area contributed by atoms with Crippen molar-refractivity contribution in [1.29, 1.82) is 0 Å². The fourth-order valence-corrected chi connectivity index (χ4v) is 4.37. The number of nitrogens with zero attached hydrogens (tertiary/aromatic N) is 4. The molecule has 6 nitrogen and oxygen atoms in total. The lowest BCUT2D eigenvalue weighted by molar-refractivity contribution is 0.139. The van der Waals surface area contributed by atoms with Gasteiger partial charge in [-0.3, -0.25) is 4.57 Å². The second kappa shape index (κ2) is 7.51. The second-order valence-corrected chi connectivity index (χ2v) is 8.17. The van der Waals surface area contributed by atoms with Gasteiger partial charge in [-0.25, -0.2) is 9.18 Å². The summed E-state index contributed by atoms with van der Waals surface area (Å²) in [5, 5.41) is 9.42. The molecular formula is C21H19FN4O2S. The summed E-state index contributed by atoms with van der Waals surface area (Å²) in [5.41, 5.74) is 1.70. The van der Waals surface area contributed by atoms with E-state index in [4.69, 9.17) is 4.74 Å². The van der Waals surface area contributed by atoms with Crippen LogP contribution in [0.15, 0.2) is 59.8 Å². The van der Waals surface area contributed by atoms with Crippen molar-refractivity contribution in [1.82, 2.24) is 19.7 Å². The molecule has 0 spiro atoms. The maximum absolute atomic E-state index is 13.4. The van der Waals surface area contributed by atoms with Crippen LogP contribution < -0.4 is 0 Å². The van der Waals surface area contributed by atoms with Gasteiger partial charge in [-0.05, 0) is 37.1 Å². The molecule has 148 valence electrons. The summed E-state index contributed by atoms with van der Waals surface area (Å²) in [4.78, 5) is 13.8. The number of halogens is 1. The van der Waals surface area contributed by atoms with E-state index in [0.717, 1.165) is 24.1 Å². The number of benzene rings is 2. The first-order valence-electron chi connectivity index (χ1n) is 9.56. The van der Waals surface area contributed by atoms with Gasteiger partial charge in [0, 0.05) is 23.0 Å². The van der Waals surface area contributed by atoms with E-state index in [2.05, 4.69) is 10.2 Å². The predicted molar refractivity (Wildman–Crippen MR) is 107 cm³/mol. The van der Waals surface area contributed by atoms with Crippen LogP contribution in [0.1, 0.15) is 12.8 Å². The fourth-order valence-electron chi connectivity index (χ4n) is 3.44. The number of rotatable bonds is 6. The molecule has 2 fully saturated rings. The van der Waals surface area contributed by atoms with Crippen LogP contribution in [-0.2, 0) is 4.74 Å².